The van der Waals surface area contributed by atoms with E-state index in [0.29, 0.717) is 0 Å². The quantitative estimate of drug-likeness (QED) is 0.260. The molecule has 187 valence electrons. The van der Waals surface area contributed by atoms with E-state index in [1.165, 1.54) is 0 Å². The van der Waals surface area contributed by atoms with Gasteiger partial charge < -0.3 is 61.8 Å². The van der Waals surface area contributed by atoms with Crippen LogP contribution in [0.4, 0.5) is 0 Å². The Labute approximate surface area is 210 Å². The molecule has 2 rings (SSSR count). The topological polar surface area (TPSA) is 371 Å². The van der Waals surface area contributed by atoms with Crippen LogP contribution in [0.15, 0.2) is 24.8 Å². The first-order valence-electron chi connectivity index (χ1n) is 6.59. The molecular weight excluding hydrogens is 612 g/mol. The predicted octanol–water partition coefficient (Wildman–Crippen LogP) is 3.12. The van der Waals surface area contributed by atoms with Crippen LogP contribution in [0.5, 0.6) is 0 Å². The normalized spacial score (nSPS) is 10.6. The van der Waals surface area contributed by atoms with Crippen molar-refractivity contribution >= 4 is 23.9 Å². The van der Waals surface area contributed by atoms with Crippen LogP contribution in [-0.2, 0) is 58.1 Å². The maximum absolute atomic E-state index is 10.3. The zero-order valence-corrected chi connectivity index (χ0v) is 19.9. The Morgan fingerprint density at radius 3 is 1.12 bits per heavy atom. The smallest absolute Gasteiger partial charge is 0.693 e. The molecule has 0 aliphatic carbocycles. The minimum Gasteiger partial charge on any atom is -0.693 e. The third kappa shape index (κ3) is 22.6. The van der Waals surface area contributed by atoms with Gasteiger partial charge in [-0.3, -0.25) is 29.1 Å². The molecule has 1 fully saturated rings. The summed E-state index contributed by atoms with van der Waals surface area (Å²) in [6.07, 6.45) is 6.56. The molecular formula is C13H26N9O8Ru2. The second-order valence-electron chi connectivity index (χ2n) is 4.45. The Morgan fingerprint density at radius 2 is 1.03 bits per heavy atom. The van der Waals surface area contributed by atoms with Gasteiger partial charge in [0.15, 0.2) is 0 Å². The fourth-order valence-corrected chi connectivity index (χ4v) is 1.20. The molecule has 1 aromatic heterocycles. The Bertz CT molecular complexity index is 541. The number of aliphatic carboxylic acids is 4. The number of hydrogen-bond acceptors (Lipinski definition) is 6. The number of carboxylic acids is 4. The molecule has 2 heterocycles. The maximum Gasteiger partial charge on any atom is 5.00 e. The van der Waals surface area contributed by atoms with Crippen LogP contribution in [0.2, 0.25) is 0 Å². The van der Waals surface area contributed by atoms with Crippen molar-refractivity contribution in [3.8, 4) is 0 Å². The van der Waals surface area contributed by atoms with E-state index in [0.717, 1.165) is 0 Å². The van der Waals surface area contributed by atoms with Crippen molar-refractivity contribution < 1.29 is 78.6 Å². The monoisotopic (exact) mass is 640 g/mol. The first-order valence-corrected chi connectivity index (χ1v) is 6.59. The maximum atomic E-state index is 10.3. The van der Waals surface area contributed by atoms with E-state index in [1.54, 1.807) is 24.8 Å². The molecule has 0 saturated carbocycles. The van der Waals surface area contributed by atoms with Crippen molar-refractivity contribution in [2.75, 3.05) is 26.2 Å². The van der Waals surface area contributed by atoms with Crippen molar-refractivity contribution in [3.05, 3.63) is 66.2 Å². The zero-order valence-electron chi connectivity index (χ0n) is 16.4. The van der Waals surface area contributed by atoms with Gasteiger partial charge in [0.2, 0.25) is 0 Å². The summed E-state index contributed by atoms with van der Waals surface area (Å²) in [6.45, 7) is -1.08. The summed E-state index contributed by atoms with van der Waals surface area (Å²) in [5, 5.41) is 39.4. The number of nitrogens with zero attached hydrogens (tertiary/aromatic N) is 4. The van der Waals surface area contributed by atoms with E-state index in [1.807, 2.05) is 0 Å². The van der Waals surface area contributed by atoms with E-state index in [9.17, 15) is 19.2 Å². The third-order valence-electron chi connectivity index (χ3n) is 2.55. The van der Waals surface area contributed by atoms with Crippen LogP contribution in [-0.4, -0.2) is 80.5 Å². The first-order chi connectivity index (χ1) is 11.7. The van der Waals surface area contributed by atoms with Gasteiger partial charge in [-0.2, -0.15) is 0 Å². The SMILES string of the molecule is O=C(O)C1(C(=O)O)C[N-]C1.O=C(O)C[N-]CC(=O)O.[NH2-].[NH2-].[NH2-].[NH2-].[NH2-].[Ru+2].[Ru+5].c1cnccn1. The van der Waals surface area contributed by atoms with Gasteiger partial charge >= 0.3 is 50.9 Å². The third-order valence-corrected chi connectivity index (χ3v) is 2.55. The number of carboxylic acid groups (broad SMARTS) is 4. The second-order valence-corrected chi connectivity index (χ2v) is 4.45. The number of aromatic nitrogens is 2. The standard InChI is InChI=1S/C5H6NO4.C4H4N2.C4H6NO4.5H2N.2Ru/c7-3(8)5(4(9)10)1-6-2-5;1-2-6-4-3-5-1;6-3(7)1-5-2-4(8)9;;;;;;;/h1-2H2,(H,7,8)(H,9,10);1-4H;1-2H2,(H,6,7)(H,8,9);5*1H2;;/q-1;;6*-1;+2;+5. The second kappa shape index (κ2) is 28.9. The number of carbonyl (C=O) groups is 4. The Kier molecular flexibility index (Phi) is 47.1. The molecule has 1 aliphatic rings. The van der Waals surface area contributed by atoms with Crippen molar-refractivity contribution in [2.24, 2.45) is 5.41 Å². The molecule has 1 radical (unpaired) electrons. The van der Waals surface area contributed by atoms with Crippen molar-refractivity contribution in [1.82, 2.24) is 9.97 Å². The van der Waals surface area contributed by atoms with Crippen molar-refractivity contribution in [2.45, 2.75) is 0 Å². The van der Waals surface area contributed by atoms with Crippen LogP contribution >= 0.6 is 0 Å². The van der Waals surface area contributed by atoms with E-state index in [2.05, 4.69) is 20.6 Å². The fourth-order valence-electron chi connectivity index (χ4n) is 1.20. The molecule has 17 nitrogen and oxygen atoms in total. The number of rotatable bonds is 6. The molecule has 0 bridgehead atoms. The molecule has 1 aromatic rings. The van der Waals surface area contributed by atoms with Gasteiger partial charge in [-0.25, -0.2) is 0 Å². The van der Waals surface area contributed by atoms with Gasteiger partial charge in [0.05, 0.1) is 0 Å². The average molecular weight is 639 g/mol. The Morgan fingerprint density at radius 1 is 0.750 bits per heavy atom. The minimum absolute atomic E-state index is 0. The van der Waals surface area contributed by atoms with Crippen LogP contribution in [0.3, 0.4) is 0 Å². The predicted molar refractivity (Wildman–Crippen MR) is 108 cm³/mol. The van der Waals surface area contributed by atoms with Crippen LogP contribution < -0.4 is 0 Å². The zero-order chi connectivity index (χ0) is 19.3. The molecule has 0 atom stereocenters. The van der Waals surface area contributed by atoms with Gasteiger partial charge in [0.25, 0.3) is 11.9 Å². The van der Waals surface area contributed by atoms with Gasteiger partial charge in [-0.1, -0.05) is 0 Å². The Hall–Kier alpha value is -2.07. The summed E-state index contributed by atoms with van der Waals surface area (Å²) in [6, 6.07) is 0. The fraction of sp³-hybridized carbons (Fsp3) is 0.385. The molecule has 1 aliphatic heterocycles. The molecule has 0 unspecified atom stereocenters. The van der Waals surface area contributed by atoms with Gasteiger partial charge in [-0.15, -0.1) is 13.1 Å². The average Bonchev–Trinajstić information content (AvgIpc) is 2.47. The summed E-state index contributed by atoms with van der Waals surface area (Å²) < 4.78 is 0. The number of nitrogens with two attached hydrogens (primary N) is 5. The van der Waals surface area contributed by atoms with Gasteiger partial charge in [-0.05, 0) is 13.1 Å². The summed E-state index contributed by atoms with van der Waals surface area (Å²) in [5.41, 5.74) is -1.61. The largest absolute Gasteiger partial charge is 5.00 e. The summed E-state index contributed by atoms with van der Waals surface area (Å²) >= 11 is 0. The van der Waals surface area contributed by atoms with Gasteiger partial charge in [0, 0.05) is 24.8 Å². The molecule has 32 heavy (non-hydrogen) atoms. The van der Waals surface area contributed by atoms with Crippen LogP contribution in [0.25, 0.3) is 41.4 Å². The molecule has 0 amide bonds. The minimum atomic E-state index is -1.61. The van der Waals surface area contributed by atoms with E-state index in [4.69, 9.17) is 20.4 Å². The van der Waals surface area contributed by atoms with Crippen LogP contribution in [0, 0.1) is 5.41 Å². The van der Waals surface area contributed by atoms with E-state index >= 15 is 0 Å². The van der Waals surface area contributed by atoms with Crippen molar-refractivity contribution in [1.29, 1.82) is 0 Å². The summed E-state index contributed by atoms with van der Waals surface area (Å²) in [4.78, 5) is 47.4. The molecule has 19 heteroatoms. The molecule has 0 aromatic carbocycles. The summed E-state index contributed by atoms with van der Waals surface area (Å²) in [5.74, 6) is -4.82. The van der Waals surface area contributed by atoms with Crippen LogP contribution in [0.1, 0.15) is 0 Å². The molecule has 14 N–H and O–H groups in total. The molecule has 0 spiro atoms. The number of hydrogen-bond donors (Lipinski definition) is 4. The first kappa shape index (κ1) is 52.1. The van der Waals surface area contributed by atoms with Crippen molar-refractivity contribution in [3.63, 3.8) is 0 Å². The van der Waals surface area contributed by atoms with E-state index < -0.39 is 42.4 Å². The Balaban J connectivity index is -0.0000000413. The van der Waals surface area contributed by atoms with Gasteiger partial charge in [0.1, 0.15) is 5.41 Å². The summed E-state index contributed by atoms with van der Waals surface area (Å²) in [7, 11) is 0. The van der Waals surface area contributed by atoms with E-state index in [-0.39, 0.29) is 82.8 Å². The molecule has 1 saturated heterocycles.